The van der Waals surface area contributed by atoms with E-state index in [1.54, 1.807) is 26.0 Å². The van der Waals surface area contributed by atoms with Crippen molar-refractivity contribution in [1.82, 2.24) is 9.80 Å². The predicted octanol–water partition coefficient (Wildman–Crippen LogP) is 3.53. The van der Waals surface area contributed by atoms with Crippen molar-refractivity contribution in [1.29, 1.82) is 0 Å². The van der Waals surface area contributed by atoms with Crippen molar-refractivity contribution < 1.29 is 14.3 Å². The van der Waals surface area contributed by atoms with Gasteiger partial charge < -0.3 is 14.4 Å². The normalized spacial score (nSPS) is 15.9. The minimum Gasteiger partial charge on any atom is -0.497 e. The summed E-state index contributed by atoms with van der Waals surface area (Å²) in [7, 11) is 3.36. The minimum atomic E-state index is -0.0765. The Morgan fingerprint density at radius 1 is 1.04 bits per heavy atom. The number of hydrogen-bond donors (Lipinski definition) is 0. The van der Waals surface area contributed by atoms with Gasteiger partial charge in [0.1, 0.15) is 11.5 Å². The first-order chi connectivity index (χ1) is 13.6. The fraction of sp³-hybridized carbons (Fsp3) is 0.409. The number of methoxy groups -OCH3 is 2. The molecular weight excluding hydrogens is 372 g/mol. The molecule has 0 saturated carbocycles. The van der Waals surface area contributed by atoms with Gasteiger partial charge in [-0.1, -0.05) is 18.2 Å². The molecule has 0 radical (unpaired) electrons. The first-order valence-corrected chi connectivity index (χ1v) is 10.4. The van der Waals surface area contributed by atoms with Crippen molar-refractivity contribution in [3.8, 4) is 11.5 Å². The number of amides is 1. The summed E-state index contributed by atoms with van der Waals surface area (Å²) < 4.78 is 10.8. The fourth-order valence-corrected chi connectivity index (χ4v) is 4.36. The van der Waals surface area contributed by atoms with Gasteiger partial charge in [-0.25, -0.2) is 0 Å². The van der Waals surface area contributed by atoms with Crippen molar-refractivity contribution in [3.05, 3.63) is 54.1 Å². The molecule has 6 heteroatoms. The van der Waals surface area contributed by atoms with Gasteiger partial charge in [0.15, 0.2) is 0 Å². The van der Waals surface area contributed by atoms with Gasteiger partial charge in [0.2, 0.25) is 5.91 Å². The van der Waals surface area contributed by atoms with Crippen LogP contribution in [-0.4, -0.2) is 61.4 Å². The second kappa shape index (κ2) is 9.85. The fourth-order valence-electron chi connectivity index (χ4n) is 3.38. The lowest BCUT2D eigenvalue weighted by Gasteiger charge is -2.36. The molecule has 1 atom stereocenters. The van der Waals surface area contributed by atoms with E-state index in [0.29, 0.717) is 0 Å². The number of ether oxygens (including phenoxy) is 2. The van der Waals surface area contributed by atoms with Crippen molar-refractivity contribution in [2.75, 3.05) is 40.4 Å². The maximum absolute atomic E-state index is 12.8. The highest BCUT2D eigenvalue weighted by Gasteiger charge is 2.26. The minimum absolute atomic E-state index is 0.0765. The molecule has 3 rings (SSSR count). The van der Waals surface area contributed by atoms with E-state index in [2.05, 4.69) is 4.90 Å². The van der Waals surface area contributed by atoms with Crippen LogP contribution < -0.4 is 9.47 Å². The largest absolute Gasteiger partial charge is 0.497 e. The maximum Gasteiger partial charge on any atom is 0.235 e. The Labute approximate surface area is 171 Å². The van der Waals surface area contributed by atoms with Gasteiger partial charge >= 0.3 is 0 Å². The second-order valence-electron chi connectivity index (χ2n) is 6.85. The molecule has 5 nitrogen and oxygen atoms in total. The monoisotopic (exact) mass is 400 g/mol. The van der Waals surface area contributed by atoms with Crippen LogP contribution in [-0.2, 0) is 11.3 Å². The summed E-state index contributed by atoms with van der Waals surface area (Å²) in [5, 5.41) is -0.0765. The smallest absolute Gasteiger partial charge is 0.235 e. The first kappa shape index (κ1) is 20.6. The van der Waals surface area contributed by atoms with Crippen molar-refractivity contribution in [2.24, 2.45) is 0 Å². The van der Waals surface area contributed by atoms with Crippen molar-refractivity contribution in [3.63, 3.8) is 0 Å². The van der Waals surface area contributed by atoms with Gasteiger partial charge in [0.05, 0.1) is 19.5 Å². The zero-order valence-electron chi connectivity index (χ0n) is 16.8. The molecule has 0 N–H and O–H groups in total. The molecule has 1 unspecified atom stereocenters. The van der Waals surface area contributed by atoms with E-state index in [4.69, 9.17) is 9.47 Å². The highest BCUT2D eigenvalue weighted by Crippen LogP contribution is 2.27. The molecule has 28 heavy (non-hydrogen) atoms. The number of benzene rings is 2. The van der Waals surface area contributed by atoms with Crippen LogP contribution in [0.1, 0.15) is 12.5 Å². The van der Waals surface area contributed by atoms with Gasteiger partial charge in [-0.2, -0.15) is 0 Å². The van der Waals surface area contributed by atoms with E-state index in [-0.39, 0.29) is 11.2 Å². The molecule has 1 heterocycles. The molecule has 1 aliphatic rings. The zero-order chi connectivity index (χ0) is 19.9. The second-order valence-corrected chi connectivity index (χ2v) is 8.27. The quantitative estimate of drug-likeness (QED) is 0.665. The SMILES string of the molecule is COc1ccc(OC)c(CN2CCN(C(=O)C(C)Sc3ccccc3)CC2)c1. The molecule has 2 aromatic rings. The summed E-state index contributed by atoms with van der Waals surface area (Å²) in [6.07, 6.45) is 0. The Bertz CT molecular complexity index is 777. The van der Waals surface area contributed by atoms with Gasteiger partial charge in [-0.05, 0) is 37.3 Å². The average molecular weight is 401 g/mol. The molecule has 0 aliphatic carbocycles. The standard InChI is InChI=1S/C22H28N2O3S/c1-17(28-20-7-5-4-6-8-20)22(25)24-13-11-23(12-14-24)16-18-15-19(26-2)9-10-21(18)27-3/h4-10,15,17H,11-14,16H2,1-3H3. The third kappa shape index (κ3) is 5.20. The average Bonchev–Trinajstić information content (AvgIpc) is 2.74. The van der Waals surface area contributed by atoms with Crippen LogP contribution in [0.25, 0.3) is 0 Å². The van der Waals surface area contributed by atoms with Crippen LogP contribution in [0.15, 0.2) is 53.4 Å². The lowest BCUT2D eigenvalue weighted by atomic mass is 10.1. The van der Waals surface area contributed by atoms with Crippen LogP contribution in [0, 0.1) is 0 Å². The van der Waals surface area contributed by atoms with Crippen LogP contribution in [0.4, 0.5) is 0 Å². The van der Waals surface area contributed by atoms with Gasteiger partial charge in [0.25, 0.3) is 0 Å². The predicted molar refractivity (Wildman–Crippen MR) is 113 cm³/mol. The lowest BCUT2D eigenvalue weighted by Crippen LogP contribution is -2.50. The van der Waals surface area contributed by atoms with Crippen molar-refractivity contribution >= 4 is 17.7 Å². The highest BCUT2D eigenvalue weighted by molar-refractivity contribution is 8.00. The molecule has 2 aromatic carbocycles. The molecule has 0 bridgehead atoms. The Morgan fingerprint density at radius 3 is 2.39 bits per heavy atom. The Morgan fingerprint density at radius 2 is 1.75 bits per heavy atom. The molecule has 0 aromatic heterocycles. The number of rotatable bonds is 7. The van der Waals surface area contributed by atoms with Crippen LogP contribution in [0.3, 0.4) is 0 Å². The Hall–Kier alpha value is -2.18. The number of carbonyl (C=O) groups is 1. The molecule has 1 fully saturated rings. The van der Waals surface area contributed by atoms with Gasteiger partial charge in [-0.15, -0.1) is 11.8 Å². The van der Waals surface area contributed by atoms with Crippen LogP contribution in [0.2, 0.25) is 0 Å². The van der Waals surface area contributed by atoms with E-state index in [9.17, 15) is 4.79 Å². The third-order valence-electron chi connectivity index (χ3n) is 4.97. The first-order valence-electron chi connectivity index (χ1n) is 9.54. The number of nitrogens with zero attached hydrogens (tertiary/aromatic N) is 2. The van der Waals surface area contributed by atoms with E-state index in [0.717, 1.165) is 54.7 Å². The summed E-state index contributed by atoms with van der Waals surface area (Å²) in [5.41, 5.74) is 1.11. The summed E-state index contributed by atoms with van der Waals surface area (Å²) in [4.78, 5) is 18.3. The summed E-state index contributed by atoms with van der Waals surface area (Å²) in [6.45, 7) is 6.00. The molecule has 1 aliphatic heterocycles. The van der Waals surface area contributed by atoms with Gasteiger partial charge in [-0.3, -0.25) is 9.69 Å². The summed E-state index contributed by atoms with van der Waals surface area (Å²) >= 11 is 1.62. The molecule has 0 spiro atoms. The third-order valence-corrected chi connectivity index (χ3v) is 6.07. The van der Waals surface area contributed by atoms with E-state index in [1.807, 2.05) is 60.4 Å². The summed E-state index contributed by atoms with van der Waals surface area (Å²) in [5.74, 6) is 1.91. The van der Waals surface area contributed by atoms with Crippen LogP contribution >= 0.6 is 11.8 Å². The topological polar surface area (TPSA) is 42.0 Å². The lowest BCUT2D eigenvalue weighted by molar-refractivity contribution is -0.132. The zero-order valence-corrected chi connectivity index (χ0v) is 17.6. The maximum atomic E-state index is 12.8. The van der Waals surface area contributed by atoms with Crippen LogP contribution in [0.5, 0.6) is 11.5 Å². The van der Waals surface area contributed by atoms with Gasteiger partial charge in [0, 0.05) is 43.2 Å². The number of carbonyl (C=O) groups excluding carboxylic acids is 1. The van der Waals surface area contributed by atoms with E-state index < -0.39 is 0 Å². The highest BCUT2D eigenvalue weighted by atomic mass is 32.2. The summed E-state index contributed by atoms with van der Waals surface area (Å²) in [6, 6.07) is 16.0. The van der Waals surface area contributed by atoms with Crippen molar-refractivity contribution in [2.45, 2.75) is 23.6 Å². The Kier molecular flexibility index (Phi) is 7.23. The number of piperazine rings is 1. The van der Waals surface area contributed by atoms with E-state index in [1.165, 1.54) is 0 Å². The Balaban J connectivity index is 1.53. The van der Waals surface area contributed by atoms with E-state index >= 15 is 0 Å². The molecular formula is C22H28N2O3S. The molecule has 1 amide bonds. The number of thioether (sulfide) groups is 1. The number of hydrogen-bond acceptors (Lipinski definition) is 5. The molecule has 150 valence electrons. The molecule has 1 saturated heterocycles.